The van der Waals surface area contributed by atoms with E-state index in [9.17, 15) is 5.11 Å². The van der Waals surface area contributed by atoms with Crippen LogP contribution in [0.5, 0.6) is 11.5 Å². The highest BCUT2D eigenvalue weighted by molar-refractivity contribution is 6.28. The van der Waals surface area contributed by atoms with Gasteiger partial charge in [-0.25, -0.2) is 9.67 Å². The zero-order valence-electron chi connectivity index (χ0n) is 9.78. The summed E-state index contributed by atoms with van der Waals surface area (Å²) in [5.41, 5.74) is 0.490. The number of hydrogen-bond acceptors (Lipinski definition) is 6. The maximum atomic E-state index is 9.76. The predicted octanol–water partition coefficient (Wildman–Crippen LogP) is 1.58. The van der Waals surface area contributed by atoms with E-state index in [1.54, 1.807) is 12.3 Å². The summed E-state index contributed by atoms with van der Waals surface area (Å²) in [4.78, 5) is 8.19. The van der Waals surface area contributed by atoms with Crippen molar-refractivity contribution in [1.82, 2.24) is 25.0 Å². The molecule has 2 aromatic heterocycles. The van der Waals surface area contributed by atoms with Crippen molar-refractivity contribution in [2.24, 2.45) is 0 Å². The zero-order valence-corrected chi connectivity index (χ0v) is 10.5. The zero-order chi connectivity index (χ0) is 13.4. The summed E-state index contributed by atoms with van der Waals surface area (Å²) in [6.45, 7) is 0. The van der Waals surface area contributed by atoms with Crippen LogP contribution in [0.3, 0.4) is 0 Å². The topological polar surface area (TPSA) is 86.0 Å². The molecule has 0 amide bonds. The fraction of sp³-hybridized carbons (Fsp3) is 0.0909. The smallest absolute Gasteiger partial charge is 0.224 e. The molecule has 3 aromatic rings. The number of ether oxygens (including phenoxy) is 1. The van der Waals surface area contributed by atoms with E-state index in [-0.39, 0.29) is 11.0 Å². The number of phenols is 1. The molecule has 2 heterocycles. The van der Waals surface area contributed by atoms with Crippen molar-refractivity contribution in [2.75, 3.05) is 7.11 Å². The molecule has 0 atom stereocenters. The van der Waals surface area contributed by atoms with Crippen LogP contribution in [-0.2, 0) is 0 Å². The van der Waals surface area contributed by atoms with E-state index < -0.39 is 0 Å². The Morgan fingerprint density at radius 3 is 2.84 bits per heavy atom. The molecule has 19 heavy (non-hydrogen) atoms. The lowest BCUT2D eigenvalue weighted by atomic mass is 10.2. The molecule has 0 spiro atoms. The summed E-state index contributed by atoms with van der Waals surface area (Å²) in [5, 5.41) is 18.1. The van der Waals surface area contributed by atoms with Gasteiger partial charge in [0.15, 0.2) is 17.3 Å². The predicted molar refractivity (Wildman–Crippen MR) is 67.7 cm³/mol. The lowest BCUT2D eigenvalue weighted by Crippen LogP contribution is -2.02. The summed E-state index contributed by atoms with van der Waals surface area (Å²) in [5.74, 6) is 0.764. The first-order chi connectivity index (χ1) is 9.19. The molecule has 0 fully saturated rings. The maximum Gasteiger partial charge on any atom is 0.224 e. The van der Waals surface area contributed by atoms with Crippen LogP contribution >= 0.6 is 11.6 Å². The molecule has 0 saturated heterocycles. The summed E-state index contributed by atoms with van der Waals surface area (Å²) in [6.07, 6.45) is 3.16. The normalized spacial score (nSPS) is 10.8. The van der Waals surface area contributed by atoms with Crippen molar-refractivity contribution < 1.29 is 9.84 Å². The van der Waals surface area contributed by atoms with E-state index >= 15 is 0 Å². The molecule has 0 radical (unpaired) electrons. The van der Waals surface area contributed by atoms with Crippen molar-refractivity contribution in [3.63, 3.8) is 0 Å². The number of hydrogen-bond donors (Lipinski definition) is 1. The van der Waals surface area contributed by atoms with Crippen molar-refractivity contribution in [3.8, 4) is 17.3 Å². The molecule has 0 unspecified atom stereocenters. The van der Waals surface area contributed by atoms with Crippen LogP contribution in [0.1, 0.15) is 0 Å². The second-order valence-corrected chi connectivity index (χ2v) is 4.04. The van der Waals surface area contributed by atoms with Gasteiger partial charge >= 0.3 is 0 Å². The van der Waals surface area contributed by atoms with Crippen molar-refractivity contribution in [1.29, 1.82) is 0 Å². The van der Waals surface area contributed by atoms with E-state index in [1.807, 2.05) is 0 Å². The molecular weight excluding hydrogens is 270 g/mol. The van der Waals surface area contributed by atoms with Gasteiger partial charge in [-0.05, 0) is 17.7 Å². The van der Waals surface area contributed by atoms with Crippen LogP contribution < -0.4 is 4.74 Å². The SMILES string of the molecule is COc1cc2c(-n3ccnn3)nc(Cl)nc2cc1O. The second-order valence-electron chi connectivity index (χ2n) is 3.71. The van der Waals surface area contributed by atoms with E-state index in [4.69, 9.17) is 16.3 Å². The minimum Gasteiger partial charge on any atom is -0.504 e. The molecule has 96 valence electrons. The first-order valence-electron chi connectivity index (χ1n) is 5.30. The Hall–Kier alpha value is -2.41. The van der Waals surface area contributed by atoms with Gasteiger partial charge in [-0.1, -0.05) is 5.21 Å². The van der Waals surface area contributed by atoms with Gasteiger partial charge in [0, 0.05) is 11.5 Å². The lowest BCUT2D eigenvalue weighted by molar-refractivity contribution is 0.374. The van der Waals surface area contributed by atoms with Gasteiger partial charge in [-0.2, -0.15) is 4.98 Å². The van der Waals surface area contributed by atoms with Crippen molar-refractivity contribution in [3.05, 3.63) is 29.8 Å². The van der Waals surface area contributed by atoms with Crippen molar-refractivity contribution >= 4 is 22.5 Å². The second kappa shape index (κ2) is 4.36. The number of aromatic hydroxyl groups is 1. The van der Waals surface area contributed by atoms with Crippen LogP contribution in [0.2, 0.25) is 5.28 Å². The molecular formula is C11H8ClN5O2. The van der Waals surface area contributed by atoms with Crippen LogP contribution in [0.25, 0.3) is 16.7 Å². The number of benzene rings is 1. The summed E-state index contributed by atoms with van der Waals surface area (Å²) < 4.78 is 6.54. The number of methoxy groups -OCH3 is 1. The minimum atomic E-state index is -0.0192. The lowest BCUT2D eigenvalue weighted by Gasteiger charge is -2.08. The highest BCUT2D eigenvalue weighted by Crippen LogP contribution is 2.32. The Morgan fingerprint density at radius 2 is 2.16 bits per heavy atom. The van der Waals surface area contributed by atoms with Gasteiger partial charge in [-0.15, -0.1) is 5.10 Å². The van der Waals surface area contributed by atoms with Crippen LogP contribution in [0.15, 0.2) is 24.5 Å². The van der Waals surface area contributed by atoms with Crippen LogP contribution in [0, 0.1) is 0 Å². The molecule has 0 aliphatic rings. The number of phenolic OH excluding ortho intramolecular Hbond substituents is 1. The van der Waals surface area contributed by atoms with Gasteiger partial charge < -0.3 is 9.84 Å². The number of nitrogens with zero attached hydrogens (tertiary/aromatic N) is 5. The third kappa shape index (κ3) is 1.93. The Bertz CT molecular complexity index is 744. The highest BCUT2D eigenvalue weighted by atomic mass is 35.5. The van der Waals surface area contributed by atoms with E-state index in [0.717, 1.165) is 0 Å². The highest BCUT2D eigenvalue weighted by Gasteiger charge is 2.13. The van der Waals surface area contributed by atoms with Gasteiger partial charge in [-0.3, -0.25) is 0 Å². The Balaban J connectivity index is 2.37. The van der Waals surface area contributed by atoms with E-state index in [2.05, 4.69) is 20.3 Å². The summed E-state index contributed by atoms with van der Waals surface area (Å²) in [6, 6.07) is 3.08. The first-order valence-corrected chi connectivity index (χ1v) is 5.68. The van der Waals surface area contributed by atoms with Crippen LogP contribution in [-0.4, -0.2) is 37.2 Å². The van der Waals surface area contributed by atoms with Gasteiger partial charge in [0.25, 0.3) is 0 Å². The Labute approximate surface area is 112 Å². The standard InChI is InChI=1S/C11H8ClN5O2/c1-19-9-4-6-7(5-8(9)18)14-11(12)15-10(6)17-3-2-13-16-17/h2-5,18H,1H3. The molecule has 1 N–H and O–H groups in total. The summed E-state index contributed by atoms with van der Waals surface area (Å²) >= 11 is 5.87. The molecule has 3 rings (SSSR count). The van der Waals surface area contributed by atoms with E-state index in [0.29, 0.717) is 22.5 Å². The van der Waals surface area contributed by atoms with Gasteiger partial charge in [0.2, 0.25) is 5.28 Å². The number of aromatic nitrogens is 5. The van der Waals surface area contributed by atoms with Crippen LogP contribution in [0.4, 0.5) is 0 Å². The van der Waals surface area contributed by atoms with Crippen molar-refractivity contribution in [2.45, 2.75) is 0 Å². The fourth-order valence-corrected chi connectivity index (χ4v) is 1.93. The molecule has 8 heteroatoms. The number of halogens is 1. The van der Waals surface area contributed by atoms with Gasteiger partial charge in [0.1, 0.15) is 0 Å². The Morgan fingerprint density at radius 1 is 1.32 bits per heavy atom. The summed E-state index contributed by atoms with van der Waals surface area (Å²) in [7, 11) is 1.47. The molecule has 0 bridgehead atoms. The molecule has 7 nitrogen and oxygen atoms in total. The average Bonchev–Trinajstić information content (AvgIpc) is 2.90. The molecule has 1 aromatic carbocycles. The average molecular weight is 278 g/mol. The number of rotatable bonds is 2. The fourth-order valence-electron chi connectivity index (χ4n) is 1.76. The Kier molecular flexibility index (Phi) is 2.68. The monoisotopic (exact) mass is 277 g/mol. The maximum absolute atomic E-state index is 9.76. The van der Waals surface area contributed by atoms with Gasteiger partial charge in [0.05, 0.1) is 25.0 Å². The largest absolute Gasteiger partial charge is 0.504 e. The minimum absolute atomic E-state index is 0.0192. The third-order valence-electron chi connectivity index (χ3n) is 2.59. The molecule has 0 aliphatic carbocycles. The third-order valence-corrected chi connectivity index (χ3v) is 2.76. The molecule has 0 aliphatic heterocycles. The first kappa shape index (κ1) is 11.7. The number of fused-ring (bicyclic) bond motifs is 1. The quantitative estimate of drug-likeness (QED) is 0.716. The molecule has 0 saturated carbocycles. The van der Waals surface area contributed by atoms with E-state index in [1.165, 1.54) is 24.1 Å².